The largest absolute Gasteiger partial charge is 0.459 e. The van der Waals surface area contributed by atoms with E-state index in [2.05, 4.69) is 6.58 Å². The first kappa shape index (κ1) is 34.8. The van der Waals surface area contributed by atoms with E-state index in [1.54, 1.807) is 63.2 Å². The summed E-state index contributed by atoms with van der Waals surface area (Å²) in [5.41, 5.74) is -7.22. The standard InChI is InChI=1S/C38H44O12/c1-19(2)35(43)30-21(4)37-26-18-20(3)29(45-22(5)39)36(26,44)33(46-23(6)40)34(7,49-32(42)24-14-10-8-11-15-24)28(41)27(37)31(35)48-38(47-30,50-37)25-16-12-9-13-17-25/h8-17,20-21,26-31,33,41,43-44H,1,18H2,2-7H3. The van der Waals surface area contributed by atoms with Crippen LogP contribution in [0.25, 0.3) is 0 Å². The van der Waals surface area contributed by atoms with Crippen LogP contribution in [0.4, 0.5) is 0 Å². The summed E-state index contributed by atoms with van der Waals surface area (Å²) in [7, 11) is 0. The van der Waals surface area contributed by atoms with Crippen LogP contribution >= 0.6 is 0 Å². The first-order valence-corrected chi connectivity index (χ1v) is 17.0. The molecule has 6 fully saturated rings. The second-order valence-electron chi connectivity index (χ2n) is 14.9. The maximum atomic E-state index is 13.9. The summed E-state index contributed by atoms with van der Waals surface area (Å²) in [6.45, 7) is 13.0. The van der Waals surface area contributed by atoms with Crippen LogP contribution in [0, 0.1) is 23.7 Å². The fraction of sp³-hybridized carbons (Fsp3) is 0.553. The quantitative estimate of drug-likeness (QED) is 0.230. The third kappa shape index (κ3) is 4.42. The minimum Gasteiger partial charge on any atom is -0.459 e. The summed E-state index contributed by atoms with van der Waals surface area (Å²) >= 11 is 0. The van der Waals surface area contributed by atoms with Gasteiger partial charge < -0.3 is 43.7 Å². The van der Waals surface area contributed by atoms with Crippen molar-refractivity contribution in [3.8, 4) is 0 Å². The fourth-order valence-electron chi connectivity index (χ4n) is 10.0. The molecule has 3 heterocycles. The number of aliphatic hydroxyl groups excluding tert-OH is 1. The summed E-state index contributed by atoms with van der Waals surface area (Å²) in [5, 5.41) is 39.1. The van der Waals surface area contributed by atoms with Gasteiger partial charge in [-0.3, -0.25) is 9.59 Å². The molecule has 3 N–H and O–H groups in total. The van der Waals surface area contributed by atoms with E-state index in [1.165, 1.54) is 26.0 Å². The van der Waals surface area contributed by atoms with E-state index in [0.29, 0.717) is 11.1 Å². The summed E-state index contributed by atoms with van der Waals surface area (Å²) in [4.78, 5) is 39.6. The number of esters is 3. The fourth-order valence-corrected chi connectivity index (χ4v) is 10.0. The van der Waals surface area contributed by atoms with E-state index in [1.807, 2.05) is 6.07 Å². The van der Waals surface area contributed by atoms with E-state index in [-0.39, 0.29) is 12.0 Å². The highest BCUT2D eigenvalue weighted by molar-refractivity contribution is 5.89. The van der Waals surface area contributed by atoms with Crippen LogP contribution in [0.2, 0.25) is 0 Å². The number of fused-ring (bicyclic) bond motifs is 1. The molecule has 4 bridgehead atoms. The van der Waals surface area contributed by atoms with Gasteiger partial charge in [-0.1, -0.05) is 69.0 Å². The highest BCUT2D eigenvalue weighted by Crippen LogP contribution is 2.71. The minimum atomic E-state index is -2.32. The van der Waals surface area contributed by atoms with Crippen molar-refractivity contribution >= 4 is 17.9 Å². The van der Waals surface area contributed by atoms with Gasteiger partial charge in [0.2, 0.25) is 0 Å². The molecule has 3 saturated carbocycles. The minimum absolute atomic E-state index is 0.127. The van der Waals surface area contributed by atoms with Crippen molar-refractivity contribution in [1.29, 1.82) is 0 Å². The Labute approximate surface area is 290 Å². The van der Waals surface area contributed by atoms with Crippen LogP contribution in [0.1, 0.15) is 63.9 Å². The van der Waals surface area contributed by atoms with Gasteiger partial charge in [0.05, 0.1) is 11.2 Å². The molecule has 3 aliphatic heterocycles. The SMILES string of the molecule is C=C(C)C1(O)C2OC3(c4ccccc4)OC1C1C(O)C(C)(OC(=O)c4ccccc4)C(OC(C)=O)C4(O)C(OC(C)=O)C(C)CC4C1(O3)C2C. The topological polar surface area (TPSA) is 167 Å². The molecule has 2 aromatic carbocycles. The highest BCUT2D eigenvalue weighted by atomic mass is 16.9. The number of aliphatic hydroxyl groups is 3. The molecule has 12 nitrogen and oxygen atoms in total. The number of ether oxygens (including phenoxy) is 6. The molecule has 1 spiro atoms. The number of rotatable bonds is 6. The van der Waals surface area contributed by atoms with E-state index in [0.717, 1.165) is 6.92 Å². The lowest BCUT2D eigenvalue weighted by atomic mass is 9.51. The van der Waals surface area contributed by atoms with Crippen LogP contribution in [0.5, 0.6) is 0 Å². The van der Waals surface area contributed by atoms with Crippen molar-refractivity contribution in [2.75, 3.05) is 0 Å². The van der Waals surface area contributed by atoms with Gasteiger partial charge in [-0.25, -0.2) is 4.79 Å². The van der Waals surface area contributed by atoms with E-state index in [9.17, 15) is 29.7 Å². The average molecular weight is 693 g/mol. The lowest BCUT2D eigenvalue weighted by molar-refractivity contribution is -0.586. The zero-order valence-electron chi connectivity index (χ0n) is 28.9. The van der Waals surface area contributed by atoms with E-state index < -0.39 is 100 Å². The van der Waals surface area contributed by atoms with Gasteiger partial charge in [-0.15, -0.1) is 0 Å². The Morgan fingerprint density at radius 1 is 0.880 bits per heavy atom. The Bertz CT molecular complexity index is 1720. The second kappa shape index (κ2) is 11.4. The lowest BCUT2D eigenvalue weighted by Gasteiger charge is -2.73. The lowest BCUT2D eigenvalue weighted by Crippen LogP contribution is -2.86. The van der Waals surface area contributed by atoms with Crippen molar-refractivity contribution in [2.45, 2.75) is 107 Å². The van der Waals surface area contributed by atoms with Gasteiger partial charge >= 0.3 is 23.9 Å². The Kier molecular flexibility index (Phi) is 7.95. The Morgan fingerprint density at radius 2 is 1.46 bits per heavy atom. The number of carbonyl (C=O) groups excluding carboxylic acids is 3. The predicted molar refractivity (Wildman–Crippen MR) is 174 cm³/mol. The number of hydrogen-bond acceptors (Lipinski definition) is 12. The zero-order chi connectivity index (χ0) is 36.2. The molecule has 0 aromatic heterocycles. The van der Waals surface area contributed by atoms with Crippen LogP contribution < -0.4 is 0 Å². The third-order valence-corrected chi connectivity index (χ3v) is 12.0. The highest BCUT2D eigenvalue weighted by Gasteiger charge is 2.87. The average Bonchev–Trinajstić information content (AvgIpc) is 3.31. The molecule has 14 unspecified atom stereocenters. The molecule has 6 aliphatic rings. The van der Waals surface area contributed by atoms with Crippen LogP contribution in [-0.2, 0) is 44.0 Å². The molecule has 3 aliphatic carbocycles. The monoisotopic (exact) mass is 692 g/mol. The molecule has 268 valence electrons. The van der Waals surface area contributed by atoms with Gasteiger partial charge in [-0.2, -0.15) is 0 Å². The van der Waals surface area contributed by atoms with Gasteiger partial charge in [0, 0.05) is 37.2 Å². The van der Waals surface area contributed by atoms with Crippen molar-refractivity contribution in [2.24, 2.45) is 23.7 Å². The Balaban J connectivity index is 1.54. The second-order valence-corrected chi connectivity index (χ2v) is 14.9. The first-order chi connectivity index (χ1) is 23.5. The van der Waals surface area contributed by atoms with Crippen molar-refractivity contribution in [3.05, 3.63) is 83.9 Å². The molecule has 3 saturated heterocycles. The molecule has 0 radical (unpaired) electrons. The molecule has 50 heavy (non-hydrogen) atoms. The maximum Gasteiger partial charge on any atom is 0.338 e. The van der Waals surface area contributed by atoms with E-state index in [4.69, 9.17) is 28.4 Å². The summed E-state index contributed by atoms with van der Waals surface area (Å²) in [6.07, 6.45) is -7.14. The molecule has 0 amide bonds. The summed E-state index contributed by atoms with van der Waals surface area (Å²) in [5.74, 6) is -8.02. The molecular formula is C38H44O12. The van der Waals surface area contributed by atoms with Gasteiger partial charge in [-0.05, 0) is 43.9 Å². The summed E-state index contributed by atoms with van der Waals surface area (Å²) in [6, 6.07) is 16.9. The van der Waals surface area contributed by atoms with Crippen molar-refractivity contribution in [3.63, 3.8) is 0 Å². The number of carbonyl (C=O) groups is 3. The molecule has 8 rings (SSSR count). The smallest absolute Gasteiger partial charge is 0.338 e. The van der Waals surface area contributed by atoms with E-state index >= 15 is 0 Å². The van der Waals surface area contributed by atoms with Gasteiger partial charge in [0.1, 0.15) is 35.6 Å². The van der Waals surface area contributed by atoms with Crippen LogP contribution in [0.3, 0.4) is 0 Å². The first-order valence-electron chi connectivity index (χ1n) is 17.0. The molecule has 14 atom stereocenters. The van der Waals surface area contributed by atoms with Crippen molar-refractivity contribution in [1.82, 2.24) is 0 Å². The number of benzene rings is 2. The molecule has 12 heteroatoms. The number of hydrogen-bond donors (Lipinski definition) is 3. The van der Waals surface area contributed by atoms with Gasteiger partial charge in [0.25, 0.3) is 0 Å². The Hall–Kier alpha value is -3.65. The zero-order valence-corrected chi connectivity index (χ0v) is 28.9. The Morgan fingerprint density at radius 3 is 2.04 bits per heavy atom. The van der Waals surface area contributed by atoms with Gasteiger partial charge in [0.15, 0.2) is 11.7 Å². The maximum absolute atomic E-state index is 13.9. The van der Waals surface area contributed by atoms with Crippen molar-refractivity contribution < 1.29 is 58.1 Å². The van der Waals surface area contributed by atoms with Crippen LogP contribution in [0.15, 0.2) is 72.8 Å². The van der Waals surface area contributed by atoms with Crippen LogP contribution in [-0.4, -0.2) is 86.2 Å². The molecule has 2 aromatic rings. The summed E-state index contributed by atoms with van der Waals surface area (Å²) < 4.78 is 38.5. The normalized spacial score (nSPS) is 45.5. The predicted octanol–water partition coefficient (Wildman–Crippen LogP) is 3.16. The third-order valence-electron chi connectivity index (χ3n) is 12.0. The molecular weight excluding hydrogens is 648 g/mol.